The summed E-state index contributed by atoms with van der Waals surface area (Å²) in [6, 6.07) is 1.23. The molecule has 0 aromatic carbocycles. The second-order valence-corrected chi connectivity index (χ2v) is 5.78. The molecule has 0 N–H and O–H groups in total. The standard InChI is InChI=1S/C14H26N2O2/c1-11(2)15-9-6-12(7-10-15)16-8-4-5-13(16)14(17)18-3/h11-13H,4-10H2,1-3H3/t13-/m1/s1. The number of piperidine rings is 1. The Morgan fingerprint density at radius 2 is 1.83 bits per heavy atom. The van der Waals surface area contributed by atoms with Gasteiger partial charge in [0.15, 0.2) is 0 Å². The van der Waals surface area contributed by atoms with Gasteiger partial charge >= 0.3 is 5.97 Å². The SMILES string of the molecule is COC(=O)[C@H]1CCCN1C1CCN(C(C)C)CC1. The van der Waals surface area contributed by atoms with Gasteiger partial charge in [0.2, 0.25) is 0 Å². The summed E-state index contributed by atoms with van der Waals surface area (Å²) in [7, 11) is 1.50. The lowest BCUT2D eigenvalue weighted by Crippen LogP contribution is -2.50. The summed E-state index contributed by atoms with van der Waals surface area (Å²) in [5.41, 5.74) is 0. The predicted molar refractivity (Wildman–Crippen MR) is 71.5 cm³/mol. The van der Waals surface area contributed by atoms with Crippen molar-refractivity contribution < 1.29 is 9.53 Å². The smallest absolute Gasteiger partial charge is 0.323 e. The average Bonchev–Trinajstić information content (AvgIpc) is 2.87. The van der Waals surface area contributed by atoms with Crippen LogP contribution in [0.1, 0.15) is 39.5 Å². The van der Waals surface area contributed by atoms with Gasteiger partial charge in [-0.15, -0.1) is 0 Å². The van der Waals surface area contributed by atoms with Gasteiger partial charge in [0.05, 0.1) is 7.11 Å². The monoisotopic (exact) mass is 254 g/mol. The molecule has 2 rings (SSSR count). The maximum atomic E-state index is 11.8. The molecular formula is C14H26N2O2. The summed E-state index contributed by atoms with van der Waals surface area (Å²) in [4.78, 5) is 16.7. The molecule has 2 aliphatic rings. The highest BCUT2D eigenvalue weighted by molar-refractivity contribution is 5.76. The Bertz CT molecular complexity index is 286. The highest BCUT2D eigenvalue weighted by atomic mass is 16.5. The number of carbonyl (C=O) groups is 1. The van der Waals surface area contributed by atoms with E-state index in [1.807, 2.05) is 0 Å². The number of nitrogens with zero attached hydrogens (tertiary/aromatic N) is 2. The number of esters is 1. The molecule has 0 saturated carbocycles. The van der Waals surface area contributed by atoms with Crippen LogP contribution in [0.25, 0.3) is 0 Å². The predicted octanol–water partition coefficient (Wildman–Crippen LogP) is 1.50. The zero-order chi connectivity index (χ0) is 13.1. The molecule has 1 atom stereocenters. The van der Waals surface area contributed by atoms with Crippen LogP contribution in [0.5, 0.6) is 0 Å². The normalized spacial score (nSPS) is 27.9. The van der Waals surface area contributed by atoms with E-state index in [2.05, 4.69) is 23.6 Å². The molecule has 18 heavy (non-hydrogen) atoms. The number of carbonyl (C=O) groups excluding carboxylic acids is 1. The molecule has 104 valence electrons. The largest absolute Gasteiger partial charge is 0.468 e. The molecule has 0 unspecified atom stereocenters. The average molecular weight is 254 g/mol. The van der Waals surface area contributed by atoms with Gasteiger partial charge in [-0.25, -0.2) is 0 Å². The van der Waals surface area contributed by atoms with E-state index in [0.717, 1.165) is 32.5 Å². The number of hydrogen-bond donors (Lipinski definition) is 0. The van der Waals surface area contributed by atoms with Crippen LogP contribution in [-0.2, 0) is 9.53 Å². The van der Waals surface area contributed by atoms with Gasteiger partial charge in [-0.3, -0.25) is 9.69 Å². The Balaban J connectivity index is 1.90. The number of hydrogen-bond acceptors (Lipinski definition) is 4. The van der Waals surface area contributed by atoms with Crippen molar-refractivity contribution in [2.45, 2.75) is 57.7 Å². The third-order valence-corrected chi connectivity index (χ3v) is 4.47. The maximum Gasteiger partial charge on any atom is 0.323 e. The minimum atomic E-state index is -0.0428. The van der Waals surface area contributed by atoms with Gasteiger partial charge in [0.1, 0.15) is 6.04 Å². The van der Waals surface area contributed by atoms with Crippen molar-refractivity contribution in [2.75, 3.05) is 26.7 Å². The Labute approximate surface area is 110 Å². The minimum absolute atomic E-state index is 0.0191. The molecule has 4 heteroatoms. The van der Waals surface area contributed by atoms with Gasteiger partial charge in [-0.2, -0.15) is 0 Å². The fraction of sp³-hybridized carbons (Fsp3) is 0.929. The fourth-order valence-electron chi connectivity index (χ4n) is 3.35. The zero-order valence-corrected chi connectivity index (χ0v) is 11.9. The molecule has 2 aliphatic heterocycles. The fourth-order valence-corrected chi connectivity index (χ4v) is 3.35. The molecule has 0 spiro atoms. The van der Waals surface area contributed by atoms with Crippen LogP contribution < -0.4 is 0 Å². The van der Waals surface area contributed by atoms with Gasteiger partial charge in [0.25, 0.3) is 0 Å². The Morgan fingerprint density at radius 3 is 2.39 bits per heavy atom. The molecule has 0 radical (unpaired) electrons. The van der Waals surface area contributed by atoms with Crippen molar-refractivity contribution in [1.29, 1.82) is 0 Å². The summed E-state index contributed by atoms with van der Waals surface area (Å²) in [6.45, 7) is 7.90. The highest BCUT2D eigenvalue weighted by Crippen LogP contribution is 2.27. The molecule has 0 aromatic heterocycles. The first-order chi connectivity index (χ1) is 8.63. The molecule has 0 amide bonds. The number of methoxy groups -OCH3 is 1. The van der Waals surface area contributed by atoms with E-state index in [-0.39, 0.29) is 12.0 Å². The molecule has 2 fully saturated rings. The Kier molecular flexibility index (Phi) is 4.62. The lowest BCUT2D eigenvalue weighted by atomic mass is 10.0. The van der Waals surface area contributed by atoms with E-state index in [1.165, 1.54) is 20.0 Å². The van der Waals surface area contributed by atoms with E-state index >= 15 is 0 Å². The number of ether oxygens (including phenoxy) is 1. The lowest BCUT2D eigenvalue weighted by molar-refractivity contribution is -0.147. The second-order valence-electron chi connectivity index (χ2n) is 5.78. The summed E-state index contributed by atoms with van der Waals surface area (Å²) >= 11 is 0. The van der Waals surface area contributed by atoms with Crippen LogP contribution in [0.15, 0.2) is 0 Å². The quantitative estimate of drug-likeness (QED) is 0.715. The van der Waals surface area contributed by atoms with Crippen LogP contribution >= 0.6 is 0 Å². The molecule has 2 saturated heterocycles. The lowest BCUT2D eigenvalue weighted by Gasteiger charge is -2.40. The van der Waals surface area contributed by atoms with E-state index in [1.54, 1.807) is 0 Å². The van der Waals surface area contributed by atoms with Crippen LogP contribution in [0.4, 0.5) is 0 Å². The summed E-state index contributed by atoms with van der Waals surface area (Å²) in [5, 5.41) is 0. The maximum absolute atomic E-state index is 11.8. The van der Waals surface area contributed by atoms with Crippen molar-refractivity contribution in [1.82, 2.24) is 9.80 Å². The van der Waals surface area contributed by atoms with Gasteiger partial charge < -0.3 is 9.64 Å². The van der Waals surface area contributed by atoms with Gasteiger partial charge in [-0.1, -0.05) is 0 Å². The third-order valence-electron chi connectivity index (χ3n) is 4.47. The molecule has 0 aliphatic carbocycles. The van der Waals surface area contributed by atoms with Crippen LogP contribution in [0.3, 0.4) is 0 Å². The van der Waals surface area contributed by atoms with Crippen LogP contribution in [0, 0.1) is 0 Å². The molecule has 0 aromatic rings. The molecular weight excluding hydrogens is 228 g/mol. The third kappa shape index (κ3) is 2.86. The van der Waals surface area contributed by atoms with Crippen molar-refractivity contribution in [3.63, 3.8) is 0 Å². The van der Waals surface area contributed by atoms with Crippen LogP contribution in [-0.4, -0.2) is 60.6 Å². The highest BCUT2D eigenvalue weighted by Gasteiger charge is 2.37. The van der Waals surface area contributed by atoms with Crippen molar-refractivity contribution >= 4 is 5.97 Å². The molecule has 0 bridgehead atoms. The molecule has 2 heterocycles. The van der Waals surface area contributed by atoms with Crippen molar-refractivity contribution in [2.24, 2.45) is 0 Å². The summed E-state index contributed by atoms with van der Waals surface area (Å²) in [5.74, 6) is -0.0428. The zero-order valence-electron chi connectivity index (χ0n) is 11.9. The van der Waals surface area contributed by atoms with E-state index in [4.69, 9.17) is 4.74 Å². The van der Waals surface area contributed by atoms with E-state index in [0.29, 0.717) is 12.1 Å². The summed E-state index contributed by atoms with van der Waals surface area (Å²) < 4.78 is 4.92. The summed E-state index contributed by atoms with van der Waals surface area (Å²) in [6.07, 6.45) is 4.47. The number of rotatable bonds is 3. The van der Waals surface area contributed by atoms with Gasteiger partial charge in [0, 0.05) is 12.1 Å². The first-order valence-corrected chi connectivity index (χ1v) is 7.21. The van der Waals surface area contributed by atoms with E-state index in [9.17, 15) is 4.79 Å². The Morgan fingerprint density at radius 1 is 1.17 bits per heavy atom. The first kappa shape index (κ1) is 13.8. The molecule has 4 nitrogen and oxygen atoms in total. The second kappa shape index (κ2) is 6.02. The van der Waals surface area contributed by atoms with Crippen molar-refractivity contribution in [3.8, 4) is 0 Å². The number of likely N-dealkylation sites (tertiary alicyclic amines) is 2. The van der Waals surface area contributed by atoms with Crippen LogP contribution in [0.2, 0.25) is 0 Å². The van der Waals surface area contributed by atoms with Gasteiger partial charge in [-0.05, 0) is 59.2 Å². The van der Waals surface area contributed by atoms with E-state index < -0.39 is 0 Å². The Hall–Kier alpha value is -0.610. The van der Waals surface area contributed by atoms with Crippen molar-refractivity contribution in [3.05, 3.63) is 0 Å². The minimum Gasteiger partial charge on any atom is -0.468 e. The topological polar surface area (TPSA) is 32.8 Å². The first-order valence-electron chi connectivity index (χ1n) is 7.21.